The highest BCUT2D eigenvalue weighted by Crippen LogP contribution is 2.31. The Bertz CT molecular complexity index is 1060. The predicted molar refractivity (Wildman–Crippen MR) is 110 cm³/mol. The molecule has 1 heterocycles. The van der Waals surface area contributed by atoms with Crippen LogP contribution in [-0.4, -0.2) is 43.9 Å². The smallest absolute Gasteiger partial charge is 0.373 e. The van der Waals surface area contributed by atoms with E-state index in [-0.39, 0.29) is 46.5 Å². The number of nitrogens with zero attached hydrogens (tertiary/aromatic N) is 1. The van der Waals surface area contributed by atoms with E-state index in [2.05, 4.69) is 5.32 Å². The third kappa shape index (κ3) is 5.38. The van der Waals surface area contributed by atoms with Gasteiger partial charge in [-0.2, -0.15) is 17.5 Å². The van der Waals surface area contributed by atoms with Crippen LogP contribution < -0.4 is 5.32 Å². The van der Waals surface area contributed by atoms with E-state index in [1.165, 1.54) is 16.4 Å². The minimum Gasteiger partial charge on any atom is -0.373 e. The monoisotopic (exact) mass is 476 g/mol. The van der Waals surface area contributed by atoms with Crippen LogP contribution in [0.4, 0.5) is 18.9 Å². The van der Waals surface area contributed by atoms with Crippen LogP contribution >= 0.6 is 11.6 Å². The zero-order valence-corrected chi connectivity index (χ0v) is 18.2. The number of morpholine rings is 1. The number of hydrogen-bond acceptors (Lipinski definition) is 4. The van der Waals surface area contributed by atoms with Crippen LogP contribution in [0.3, 0.4) is 0 Å². The number of carbonyl (C=O) groups is 1. The third-order valence-electron chi connectivity index (χ3n) is 4.67. The van der Waals surface area contributed by atoms with Gasteiger partial charge in [0.1, 0.15) is 4.90 Å². The van der Waals surface area contributed by atoms with Crippen molar-refractivity contribution >= 4 is 33.2 Å². The van der Waals surface area contributed by atoms with Crippen molar-refractivity contribution in [2.75, 3.05) is 18.4 Å². The molecule has 31 heavy (non-hydrogen) atoms. The van der Waals surface area contributed by atoms with E-state index in [4.69, 9.17) is 16.3 Å². The molecular weight excluding hydrogens is 457 g/mol. The van der Waals surface area contributed by atoms with Gasteiger partial charge in [-0.1, -0.05) is 11.6 Å². The number of halogens is 4. The number of ether oxygens (including phenoxy) is 1. The Balaban J connectivity index is 1.84. The molecule has 1 amide bonds. The second kappa shape index (κ2) is 8.78. The number of amides is 1. The predicted octanol–water partition coefficient (Wildman–Crippen LogP) is 4.41. The zero-order chi connectivity index (χ0) is 23.0. The molecule has 1 aliphatic heterocycles. The summed E-state index contributed by atoms with van der Waals surface area (Å²) in [4.78, 5) is 12.3. The number of benzene rings is 2. The molecule has 0 radical (unpaired) electrons. The van der Waals surface area contributed by atoms with Crippen molar-refractivity contribution in [1.29, 1.82) is 0 Å². The Morgan fingerprint density at radius 3 is 2.23 bits per heavy atom. The maximum Gasteiger partial charge on any atom is 0.416 e. The average molecular weight is 477 g/mol. The van der Waals surface area contributed by atoms with Gasteiger partial charge in [-0.15, -0.1) is 0 Å². The molecule has 0 saturated carbocycles. The lowest BCUT2D eigenvalue weighted by atomic mass is 10.1. The quantitative estimate of drug-likeness (QED) is 0.709. The van der Waals surface area contributed by atoms with Gasteiger partial charge in [-0.25, -0.2) is 8.42 Å². The van der Waals surface area contributed by atoms with Gasteiger partial charge in [0.25, 0.3) is 5.91 Å². The highest BCUT2D eigenvalue weighted by atomic mass is 35.5. The van der Waals surface area contributed by atoms with E-state index < -0.39 is 27.7 Å². The van der Waals surface area contributed by atoms with E-state index in [0.29, 0.717) is 0 Å². The first-order valence-corrected chi connectivity index (χ1v) is 11.1. The molecule has 1 aliphatic rings. The van der Waals surface area contributed by atoms with Crippen LogP contribution in [0.15, 0.2) is 47.4 Å². The first-order valence-electron chi connectivity index (χ1n) is 9.31. The number of alkyl halides is 3. The lowest BCUT2D eigenvalue weighted by Crippen LogP contribution is -2.48. The molecule has 2 aromatic rings. The van der Waals surface area contributed by atoms with Gasteiger partial charge in [-0.05, 0) is 56.3 Å². The molecule has 0 aliphatic carbocycles. The number of hydrogen-bond donors (Lipinski definition) is 1. The van der Waals surface area contributed by atoms with Crippen molar-refractivity contribution in [3.8, 4) is 0 Å². The lowest BCUT2D eigenvalue weighted by Gasteiger charge is -2.34. The second-order valence-electron chi connectivity index (χ2n) is 7.25. The van der Waals surface area contributed by atoms with Crippen LogP contribution in [0.5, 0.6) is 0 Å². The second-order valence-corrected chi connectivity index (χ2v) is 9.57. The zero-order valence-electron chi connectivity index (χ0n) is 16.6. The molecule has 1 saturated heterocycles. The van der Waals surface area contributed by atoms with Gasteiger partial charge in [0.05, 0.1) is 22.8 Å². The van der Waals surface area contributed by atoms with Crippen molar-refractivity contribution in [1.82, 2.24) is 4.31 Å². The maximum absolute atomic E-state index is 13.1. The SMILES string of the molecule is CC1CN(S(=O)(=O)c2cc(C(=O)Nc3ccc(C(F)(F)F)cc3)ccc2Cl)CC(C)O1. The van der Waals surface area contributed by atoms with Gasteiger partial charge in [-0.3, -0.25) is 4.79 Å². The molecule has 2 atom stereocenters. The molecule has 0 spiro atoms. The topological polar surface area (TPSA) is 75.7 Å². The van der Waals surface area contributed by atoms with Gasteiger partial charge in [0, 0.05) is 24.3 Å². The molecule has 1 N–H and O–H groups in total. The molecule has 2 aromatic carbocycles. The molecule has 1 fully saturated rings. The number of anilines is 1. The van der Waals surface area contributed by atoms with Crippen molar-refractivity contribution in [3.05, 3.63) is 58.6 Å². The molecule has 2 unspecified atom stereocenters. The number of carbonyl (C=O) groups excluding carboxylic acids is 1. The third-order valence-corrected chi connectivity index (χ3v) is 6.98. The van der Waals surface area contributed by atoms with Crippen molar-refractivity contribution in [2.24, 2.45) is 0 Å². The van der Waals surface area contributed by atoms with Crippen LogP contribution in [0.25, 0.3) is 0 Å². The number of sulfonamides is 1. The fraction of sp³-hybridized carbons (Fsp3) is 0.350. The van der Waals surface area contributed by atoms with Gasteiger partial charge < -0.3 is 10.1 Å². The Morgan fingerprint density at radius 2 is 1.68 bits per heavy atom. The standard InChI is InChI=1S/C20H20ClF3N2O4S/c1-12-10-26(11-13(2)30-12)31(28,29)18-9-14(3-8-17(18)21)19(27)25-16-6-4-15(5-7-16)20(22,23)24/h3-9,12-13H,10-11H2,1-2H3,(H,25,27). The molecule has 3 rings (SSSR count). The van der Waals surface area contributed by atoms with Gasteiger partial charge in [0.2, 0.25) is 10.0 Å². The Labute approximate surface area is 183 Å². The van der Waals surface area contributed by atoms with E-state index >= 15 is 0 Å². The molecule has 6 nitrogen and oxygen atoms in total. The summed E-state index contributed by atoms with van der Waals surface area (Å²) >= 11 is 6.12. The summed E-state index contributed by atoms with van der Waals surface area (Å²) in [5, 5.41) is 2.41. The highest BCUT2D eigenvalue weighted by Gasteiger charge is 2.34. The largest absolute Gasteiger partial charge is 0.416 e. The molecule has 0 bridgehead atoms. The molecular formula is C20H20ClF3N2O4S. The minimum atomic E-state index is -4.49. The summed E-state index contributed by atoms with van der Waals surface area (Å²) in [6.07, 6.45) is -5.09. The first kappa shape index (κ1) is 23.5. The van der Waals surface area contributed by atoms with Gasteiger partial charge >= 0.3 is 6.18 Å². The summed E-state index contributed by atoms with van der Waals surface area (Å²) in [6.45, 7) is 3.80. The number of nitrogens with one attached hydrogen (secondary N) is 1. The minimum absolute atomic E-state index is 0.00257. The van der Waals surface area contributed by atoms with E-state index in [0.717, 1.165) is 30.3 Å². The Hall–Kier alpha value is -2.14. The van der Waals surface area contributed by atoms with E-state index in [1.807, 2.05) is 0 Å². The van der Waals surface area contributed by atoms with Gasteiger partial charge in [0.15, 0.2) is 0 Å². The normalized spacial score (nSPS) is 20.5. The lowest BCUT2D eigenvalue weighted by molar-refractivity contribution is -0.137. The van der Waals surface area contributed by atoms with E-state index in [1.54, 1.807) is 13.8 Å². The summed E-state index contributed by atoms with van der Waals surface area (Å²) in [5.41, 5.74) is -0.718. The summed E-state index contributed by atoms with van der Waals surface area (Å²) in [5.74, 6) is -0.684. The Morgan fingerprint density at radius 1 is 1.10 bits per heavy atom. The fourth-order valence-corrected chi connectivity index (χ4v) is 5.35. The highest BCUT2D eigenvalue weighted by molar-refractivity contribution is 7.89. The van der Waals surface area contributed by atoms with Crippen LogP contribution in [-0.2, 0) is 20.9 Å². The fourth-order valence-electron chi connectivity index (χ4n) is 3.25. The summed E-state index contributed by atoms with van der Waals surface area (Å²) in [7, 11) is -3.99. The van der Waals surface area contributed by atoms with Crippen LogP contribution in [0.2, 0.25) is 5.02 Å². The van der Waals surface area contributed by atoms with Crippen LogP contribution in [0.1, 0.15) is 29.8 Å². The van der Waals surface area contributed by atoms with Crippen molar-refractivity contribution < 1.29 is 31.1 Å². The van der Waals surface area contributed by atoms with Crippen LogP contribution in [0, 0.1) is 0 Å². The summed E-state index contributed by atoms with van der Waals surface area (Å²) in [6, 6.07) is 7.70. The molecule has 0 aromatic heterocycles. The van der Waals surface area contributed by atoms with Crippen molar-refractivity contribution in [3.63, 3.8) is 0 Å². The Kier molecular flexibility index (Phi) is 6.66. The molecule has 168 valence electrons. The number of rotatable bonds is 4. The average Bonchev–Trinajstić information content (AvgIpc) is 2.67. The summed E-state index contributed by atoms with van der Waals surface area (Å²) < 4.78 is 71.1. The van der Waals surface area contributed by atoms with Crippen molar-refractivity contribution in [2.45, 2.75) is 37.1 Å². The first-order chi connectivity index (χ1) is 14.4. The van der Waals surface area contributed by atoms with E-state index in [9.17, 15) is 26.4 Å². The molecule has 11 heteroatoms. The maximum atomic E-state index is 13.1.